The molecule has 0 aliphatic heterocycles. The van der Waals surface area contributed by atoms with Gasteiger partial charge < -0.3 is 10.2 Å². The first-order valence-electron chi connectivity index (χ1n) is 11.2. The third-order valence-corrected chi connectivity index (χ3v) is 6.88. The molecule has 0 heterocycles. The summed E-state index contributed by atoms with van der Waals surface area (Å²) in [4.78, 5) is 0. The minimum absolute atomic E-state index is 0.144. The molecule has 2 N–H and O–H groups in total. The quantitative estimate of drug-likeness (QED) is 0.501. The van der Waals surface area contributed by atoms with Crippen molar-refractivity contribution in [2.45, 2.75) is 94.6 Å². The zero-order valence-corrected chi connectivity index (χ0v) is 21.4. The maximum atomic E-state index is 12.1. The molecule has 0 radical (unpaired) electrons. The summed E-state index contributed by atoms with van der Waals surface area (Å²) in [5, 5.41) is 22.9. The monoisotopic (exact) mass is 412 g/mol. The fraction of sp³-hybridized carbons (Fsp3) is 0.643. The Morgan fingerprint density at radius 1 is 0.767 bits per heavy atom. The van der Waals surface area contributed by atoms with Crippen LogP contribution in [0.25, 0.3) is 5.57 Å². The van der Waals surface area contributed by atoms with Crippen molar-refractivity contribution in [1.82, 2.24) is 0 Å². The molecule has 0 saturated heterocycles. The van der Waals surface area contributed by atoms with Gasteiger partial charge in [0.2, 0.25) is 0 Å². The molecule has 0 saturated carbocycles. The third kappa shape index (κ3) is 3.88. The van der Waals surface area contributed by atoms with Gasteiger partial charge in [0, 0.05) is 11.0 Å². The Balaban J connectivity index is 2.96. The molecule has 1 aliphatic carbocycles. The number of hydrogen-bond acceptors (Lipinski definition) is 2. The average molecular weight is 413 g/mol. The van der Waals surface area contributed by atoms with Crippen LogP contribution in [0.1, 0.15) is 94.2 Å². The topological polar surface area (TPSA) is 40.5 Å². The fourth-order valence-electron chi connectivity index (χ4n) is 5.82. The summed E-state index contributed by atoms with van der Waals surface area (Å²) in [5.41, 5.74) is 2.86. The minimum Gasteiger partial charge on any atom is -0.508 e. The van der Waals surface area contributed by atoms with Crippen molar-refractivity contribution in [2.24, 2.45) is 21.7 Å². The molecule has 30 heavy (non-hydrogen) atoms. The van der Waals surface area contributed by atoms with Crippen molar-refractivity contribution in [3.63, 3.8) is 0 Å². The van der Waals surface area contributed by atoms with Crippen LogP contribution in [0, 0.1) is 21.7 Å². The second kappa shape index (κ2) is 7.26. The molecular weight excluding hydrogens is 368 g/mol. The minimum atomic E-state index is -0.632. The van der Waals surface area contributed by atoms with Gasteiger partial charge in [0.05, 0.1) is 6.10 Å². The SMILES string of the molecule is CC(C)(C)C1=C(c2cccc(O)c2C(C)(C)C)C=CC(C(C)(C)C)(C(C)(C)C)C1O. The van der Waals surface area contributed by atoms with Crippen LogP contribution in [-0.4, -0.2) is 16.3 Å². The number of aromatic hydroxyl groups is 1. The molecule has 0 amide bonds. The van der Waals surface area contributed by atoms with E-state index in [1.165, 1.54) is 0 Å². The molecule has 1 aromatic carbocycles. The second-order valence-electron chi connectivity index (χ2n) is 13.1. The van der Waals surface area contributed by atoms with Crippen molar-refractivity contribution >= 4 is 5.57 Å². The largest absolute Gasteiger partial charge is 0.508 e. The van der Waals surface area contributed by atoms with Gasteiger partial charge in [-0.1, -0.05) is 107 Å². The summed E-state index contributed by atoms with van der Waals surface area (Å²) >= 11 is 0. The van der Waals surface area contributed by atoms with Gasteiger partial charge >= 0.3 is 0 Å². The van der Waals surface area contributed by atoms with Crippen molar-refractivity contribution < 1.29 is 10.2 Å². The van der Waals surface area contributed by atoms with Crippen LogP contribution in [0.15, 0.2) is 35.9 Å². The van der Waals surface area contributed by atoms with E-state index >= 15 is 0 Å². The van der Waals surface area contributed by atoms with Gasteiger partial charge in [-0.05, 0) is 44.4 Å². The van der Waals surface area contributed by atoms with E-state index in [-0.39, 0.29) is 21.7 Å². The Morgan fingerprint density at radius 3 is 1.67 bits per heavy atom. The van der Waals surface area contributed by atoms with Gasteiger partial charge in [-0.3, -0.25) is 0 Å². The predicted molar refractivity (Wildman–Crippen MR) is 130 cm³/mol. The standard InChI is InChI=1S/C28H44O2/c1-24(2,3)21-18(14-13-15-20(21)29)19-16-17-28(26(7,8)9,27(10,11)12)23(30)22(19)25(4,5)6/h13-17,23,29-30H,1-12H3. The van der Waals surface area contributed by atoms with E-state index in [0.29, 0.717) is 5.75 Å². The van der Waals surface area contributed by atoms with Gasteiger partial charge in [-0.25, -0.2) is 0 Å². The van der Waals surface area contributed by atoms with Crippen molar-refractivity contribution in [3.8, 4) is 5.75 Å². The van der Waals surface area contributed by atoms with E-state index in [2.05, 4.69) is 101 Å². The molecule has 0 fully saturated rings. The Hall–Kier alpha value is -1.54. The number of phenols is 1. The smallest absolute Gasteiger partial charge is 0.119 e. The Kier molecular flexibility index (Phi) is 5.98. The summed E-state index contributed by atoms with van der Waals surface area (Å²) in [5.74, 6) is 0.312. The summed E-state index contributed by atoms with van der Waals surface area (Å²) < 4.78 is 0. The van der Waals surface area contributed by atoms with Gasteiger partial charge in [0.25, 0.3) is 0 Å². The highest BCUT2D eigenvalue weighted by Crippen LogP contribution is 2.61. The molecule has 2 heteroatoms. The van der Waals surface area contributed by atoms with Gasteiger partial charge in [0.1, 0.15) is 5.75 Å². The lowest BCUT2D eigenvalue weighted by Crippen LogP contribution is -2.56. The predicted octanol–water partition coefficient (Wildman–Crippen LogP) is 7.50. The molecular formula is C28H44O2. The van der Waals surface area contributed by atoms with E-state index in [1.807, 2.05) is 6.07 Å². The molecule has 0 bridgehead atoms. The summed E-state index contributed by atoms with van der Waals surface area (Å²) in [6.45, 7) is 26.3. The van der Waals surface area contributed by atoms with E-state index in [1.54, 1.807) is 6.07 Å². The summed E-state index contributed by atoms with van der Waals surface area (Å²) in [6, 6.07) is 5.75. The first-order valence-corrected chi connectivity index (χ1v) is 11.2. The van der Waals surface area contributed by atoms with Crippen molar-refractivity contribution in [2.75, 3.05) is 0 Å². The molecule has 1 unspecified atom stereocenters. The number of rotatable bonds is 1. The second-order valence-corrected chi connectivity index (χ2v) is 13.1. The van der Waals surface area contributed by atoms with E-state index in [0.717, 1.165) is 22.3 Å². The van der Waals surface area contributed by atoms with E-state index in [4.69, 9.17) is 0 Å². The van der Waals surface area contributed by atoms with Crippen LogP contribution >= 0.6 is 0 Å². The Labute approximate surface area is 185 Å². The molecule has 2 rings (SSSR count). The Bertz CT molecular complexity index is 842. The average Bonchev–Trinajstić information content (AvgIpc) is 2.49. The lowest BCUT2D eigenvalue weighted by Gasteiger charge is -2.58. The van der Waals surface area contributed by atoms with Gasteiger partial charge in [-0.15, -0.1) is 0 Å². The zero-order valence-electron chi connectivity index (χ0n) is 21.4. The normalized spacial score (nSPS) is 20.6. The summed E-state index contributed by atoms with van der Waals surface area (Å²) in [7, 11) is 0. The first-order chi connectivity index (χ1) is 13.3. The highest BCUT2D eigenvalue weighted by atomic mass is 16.3. The van der Waals surface area contributed by atoms with Crippen LogP contribution in [0.4, 0.5) is 0 Å². The lowest BCUT2D eigenvalue weighted by molar-refractivity contribution is -0.0809. The molecule has 1 atom stereocenters. The highest BCUT2D eigenvalue weighted by Gasteiger charge is 2.57. The van der Waals surface area contributed by atoms with Crippen LogP contribution in [0.5, 0.6) is 5.75 Å². The molecule has 168 valence electrons. The van der Waals surface area contributed by atoms with Crippen LogP contribution in [-0.2, 0) is 5.41 Å². The summed E-state index contributed by atoms with van der Waals surface area (Å²) in [6.07, 6.45) is 3.83. The van der Waals surface area contributed by atoms with Crippen molar-refractivity contribution in [3.05, 3.63) is 47.1 Å². The maximum absolute atomic E-state index is 12.1. The van der Waals surface area contributed by atoms with Crippen LogP contribution in [0.3, 0.4) is 0 Å². The Morgan fingerprint density at radius 2 is 1.27 bits per heavy atom. The first kappa shape index (κ1) is 24.7. The number of aliphatic hydroxyl groups excluding tert-OH is 1. The molecule has 0 spiro atoms. The number of benzene rings is 1. The number of hydrogen-bond donors (Lipinski definition) is 2. The molecule has 0 aromatic heterocycles. The highest BCUT2D eigenvalue weighted by molar-refractivity contribution is 5.83. The zero-order chi connectivity index (χ0) is 23.5. The van der Waals surface area contributed by atoms with Crippen LogP contribution in [0.2, 0.25) is 0 Å². The molecule has 2 nitrogen and oxygen atoms in total. The van der Waals surface area contributed by atoms with Crippen molar-refractivity contribution in [1.29, 1.82) is 0 Å². The number of allylic oxidation sites excluding steroid dienone is 2. The number of phenolic OH excluding ortho intramolecular Hbond substituents is 1. The van der Waals surface area contributed by atoms with E-state index in [9.17, 15) is 10.2 Å². The lowest BCUT2D eigenvalue weighted by atomic mass is 9.47. The van der Waals surface area contributed by atoms with Gasteiger partial charge in [-0.2, -0.15) is 0 Å². The maximum Gasteiger partial charge on any atom is 0.119 e. The fourth-order valence-corrected chi connectivity index (χ4v) is 5.82. The molecule has 1 aromatic rings. The van der Waals surface area contributed by atoms with Crippen LogP contribution < -0.4 is 0 Å². The number of aliphatic hydroxyl groups is 1. The van der Waals surface area contributed by atoms with Gasteiger partial charge in [0.15, 0.2) is 0 Å². The van der Waals surface area contributed by atoms with E-state index < -0.39 is 11.5 Å². The molecule has 1 aliphatic rings. The third-order valence-electron chi connectivity index (χ3n) is 6.88.